The molecule has 4 heterocycles. The fourth-order valence-corrected chi connectivity index (χ4v) is 14.6. The van der Waals surface area contributed by atoms with E-state index in [-0.39, 0.29) is 0 Å². The summed E-state index contributed by atoms with van der Waals surface area (Å²) >= 11 is 0. The molecule has 16 aromatic rings. The Morgan fingerprint density at radius 3 is 1.08 bits per heavy atom. The van der Waals surface area contributed by atoms with Crippen LogP contribution in [-0.4, -0.2) is 19.1 Å². The number of pyridine rings is 2. The fraction of sp³-hybridized carbons (Fsp3) is 0.0120. The van der Waals surface area contributed by atoms with Crippen LogP contribution in [0.15, 0.2) is 291 Å². The average Bonchev–Trinajstić information content (AvgIpc) is 1.55. The maximum absolute atomic E-state index is 4.72. The monoisotopic (exact) mass is 1100 g/mol. The van der Waals surface area contributed by atoms with Crippen molar-refractivity contribution in [3.8, 4) is 56.1 Å². The molecule has 0 amide bonds. The highest BCUT2D eigenvalue weighted by Gasteiger charge is 2.51. The molecule has 0 unspecified atom stereocenters. The highest BCUT2D eigenvalue weighted by Crippen LogP contribution is 2.63. The zero-order valence-electron chi connectivity index (χ0n) is 47.3. The quantitative estimate of drug-likeness (QED) is 0.142. The van der Waals surface area contributed by atoms with Crippen LogP contribution in [0.5, 0.6) is 0 Å². The highest BCUT2D eigenvalue weighted by molar-refractivity contribution is 6.12. The van der Waals surface area contributed by atoms with Gasteiger partial charge in [-0.1, -0.05) is 206 Å². The van der Waals surface area contributed by atoms with E-state index in [9.17, 15) is 0 Å². The van der Waals surface area contributed by atoms with Crippen molar-refractivity contribution in [2.75, 3.05) is 0 Å². The third-order valence-corrected chi connectivity index (χ3v) is 18.6. The van der Waals surface area contributed by atoms with E-state index in [0.29, 0.717) is 0 Å². The van der Waals surface area contributed by atoms with E-state index in [1.807, 2.05) is 36.7 Å². The minimum absolute atomic E-state index is 0.478. The number of nitrogens with zero attached hydrogens (tertiary/aromatic N) is 4. The predicted molar refractivity (Wildman–Crippen MR) is 364 cm³/mol. The number of para-hydroxylation sites is 2. The van der Waals surface area contributed by atoms with Gasteiger partial charge in [-0.2, -0.15) is 0 Å². The van der Waals surface area contributed by atoms with E-state index in [1.54, 1.807) is 0 Å². The summed E-state index contributed by atoms with van der Waals surface area (Å²) in [5, 5.41) is 9.73. The second-order valence-electron chi connectivity index (χ2n) is 23.3. The minimum atomic E-state index is -0.478. The third kappa shape index (κ3) is 7.64. The Hall–Kier alpha value is -11.5. The lowest BCUT2D eigenvalue weighted by molar-refractivity contribution is 0.793. The minimum Gasteiger partial charge on any atom is -0.294 e. The standard InChI is InChI=1S/C83H52N4/c1-5-17-73-65(13-1)66-14-2-6-18-74(66)83(73)75-47-55(25-23-53-27-31-59-49-61(35-33-57(59)45-53)63-37-41-79-71(51-63)69-15-3-7-19-77(69)86(79)81-21-9-11-43-84-81)29-39-67(75)68-40-30-56(48-76(68)83)26-24-54-28-32-60-50-62(36-34-58(60)46-54)64-38-42-80-72(52-64)70-16-4-8-20-78(70)87(80)82-22-10-12-44-85-82/h1-52H/b25-23+,26-24?. The first kappa shape index (κ1) is 49.0. The molecule has 4 nitrogen and oxygen atoms in total. The lowest BCUT2D eigenvalue weighted by Gasteiger charge is -2.30. The molecule has 12 aromatic carbocycles. The van der Waals surface area contributed by atoms with E-state index in [4.69, 9.17) is 9.97 Å². The number of hydrogen-bond acceptors (Lipinski definition) is 2. The second kappa shape index (κ2) is 19.3. The Bertz CT molecular complexity index is 5240. The molecule has 2 aliphatic carbocycles. The van der Waals surface area contributed by atoms with Crippen molar-refractivity contribution in [1.82, 2.24) is 19.1 Å². The van der Waals surface area contributed by atoms with E-state index < -0.39 is 5.41 Å². The lowest BCUT2D eigenvalue weighted by atomic mass is 9.70. The maximum Gasteiger partial charge on any atom is 0.137 e. The van der Waals surface area contributed by atoms with Gasteiger partial charge < -0.3 is 0 Å². The van der Waals surface area contributed by atoms with Gasteiger partial charge in [-0.05, 0) is 208 Å². The summed E-state index contributed by atoms with van der Waals surface area (Å²) in [6.45, 7) is 0. The summed E-state index contributed by atoms with van der Waals surface area (Å²) in [5.74, 6) is 1.84. The van der Waals surface area contributed by atoms with Gasteiger partial charge in [-0.25, -0.2) is 9.97 Å². The molecular weight excluding hydrogens is 1050 g/mol. The van der Waals surface area contributed by atoms with Gasteiger partial charge in [-0.15, -0.1) is 0 Å². The molecule has 0 saturated heterocycles. The topological polar surface area (TPSA) is 35.6 Å². The molecule has 404 valence electrons. The van der Waals surface area contributed by atoms with Crippen LogP contribution in [0, 0.1) is 0 Å². The number of aromatic nitrogens is 4. The third-order valence-electron chi connectivity index (χ3n) is 18.6. The summed E-state index contributed by atoms with van der Waals surface area (Å²) < 4.78 is 4.53. The molecule has 0 N–H and O–H groups in total. The van der Waals surface area contributed by atoms with Crippen molar-refractivity contribution in [3.63, 3.8) is 0 Å². The van der Waals surface area contributed by atoms with E-state index in [1.165, 1.54) is 121 Å². The molecule has 87 heavy (non-hydrogen) atoms. The van der Waals surface area contributed by atoms with E-state index in [0.717, 1.165) is 44.8 Å². The number of benzene rings is 12. The summed E-state index contributed by atoms with van der Waals surface area (Å²) in [6, 6.07) is 103. The number of rotatable bonds is 8. The van der Waals surface area contributed by atoms with E-state index in [2.05, 4.69) is 288 Å². The van der Waals surface area contributed by atoms with Gasteiger partial charge in [0.15, 0.2) is 0 Å². The van der Waals surface area contributed by atoms with Crippen LogP contribution in [-0.2, 0) is 5.41 Å². The van der Waals surface area contributed by atoms with Gasteiger partial charge >= 0.3 is 0 Å². The smallest absolute Gasteiger partial charge is 0.137 e. The van der Waals surface area contributed by atoms with Gasteiger partial charge in [0, 0.05) is 33.9 Å². The Morgan fingerprint density at radius 2 is 0.609 bits per heavy atom. The van der Waals surface area contributed by atoms with Crippen LogP contribution in [0.25, 0.3) is 146 Å². The van der Waals surface area contributed by atoms with Gasteiger partial charge in [0.1, 0.15) is 11.6 Å². The summed E-state index contributed by atoms with van der Waals surface area (Å²) in [6.07, 6.45) is 12.8. The van der Waals surface area contributed by atoms with Crippen molar-refractivity contribution in [2.45, 2.75) is 5.41 Å². The molecule has 4 aromatic heterocycles. The molecule has 2 aliphatic rings. The Morgan fingerprint density at radius 1 is 0.253 bits per heavy atom. The summed E-state index contributed by atoms with van der Waals surface area (Å²) in [5.41, 5.74) is 24.1. The van der Waals surface area contributed by atoms with Crippen LogP contribution >= 0.6 is 0 Å². The van der Waals surface area contributed by atoms with Crippen LogP contribution in [0.1, 0.15) is 44.5 Å². The van der Waals surface area contributed by atoms with Crippen LogP contribution in [0.3, 0.4) is 0 Å². The van der Waals surface area contributed by atoms with Crippen LogP contribution in [0.4, 0.5) is 0 Å². The normalized spacial score (nSPS) is 13.1. The van der Waals surface area contributed by atoms with Crippen molar-refractivity contribution in [1.29, 1.82) is 0 Å². The summed E-state index contributed by atoms with van der Waals surface area (Å²) in [4.78, 5) is 9.44. The summed E-state index contributed by atoms with van der Waals surface area (Å²) in [7, 11) is 0. The molecule has 4 heteroatoms. The lowest BCUT2D eigenvalue weighted by Crippen LogP contribution is -2.26. The Kier molecular flexibility index (Phi) is 10.9. The molecule has 18 rings (SSSR count). The maximum atomic E-state index is 4.72. The Balaban J connectivity index is 0.651. The second-order valence-corrected chi connectivity index (χ2v) is 23.3. The van der Waals surface area contributed by atoms with Crippen molar-refractivity contribution in [3.05, 3.63) is 336 Å². The van der Waals surface area contributed by atoms with Gasteiger partial charge in [0.2, 0.25) is 0 Å². The van der Waals surface area contributed by atoms with Gasteiger partial charge in [0.05, 0.1) is 27.5 Å². The average molecular weight is 1110 g/mol. The number of fused-ring (bicyclic) bond motifs is 18. The molecule has 0 bridgehead atoms. The van der Waals surface area contributed by atoms with Crippen LogP contribution in [0.2, 0.25) is 0 Å². The van der Waals surface area contributed by atoms with Crippen molar-refractivity contribution < 1.29 is 0 Å². The van der Waals surface area contributed by atoms with Gasteiger partial charge in [-0.3, -0.25) is 9.13 Å². The molecule has 0 atom stereocenters. The van der Waals surface area contributed by atoms with Gasteiger partial charge in [0.25, 0.3) is 0 Å². The zero-order chi connectivity index (χ0) is 57.2. The first-order valence-corrected chi connectivity index (χ1v) is 29.9. The fourth-order valence-electron chi connectivity index (χ4n) is 14.6. The van der Waals surface area contributed by atoms with Crippen molar-refractivity contribution >= 4 is 89.5 Å². The molecular formula is C83H52N4. The molecule has 0 saturated carbocycles. The molecule has 0 radical (unpaired) electrons. The highest BCUT2D eigenvalue weighted by atomic mass is 15.1. The zero-order valence-corrected chi connectivity index (χ0v) is 47.3. The first-order valence-electron chi connectivity index (χ1n) is 29.9. The van der Waals surface area contributed by atoms with Crippen molar-refractivity contribution in [2.24, 2.45) is 0 Å². The predicted octanol–water partition coefficient (Wildman–Crippen LogP) is 21.0. The first-order chi connectivity index (χ1) is 43.1. The van der Waals surface area contributed by atoms with E-state index >= 15 is 0 Å². The Labute approximate surface area is 503 Å². The molecule has 1 spiro atoms. The molecule has 0 aliphatic heterocycles. The van der Waals surface area contributed by atoms with Crippen LogP contribution < -0.4 is 0 Å². The largest absolute Gasteiger partial charge is 0.294 e. The number of hydrogen-bond donors (Lipinski definition) is 0. The molecule has 0 fully saturated rings. The SMILES string of the molecule is C(=Cc1ccc2cc(-c3ccc4c(c3)c3ccccc3n4-c3ccccn3)ccc2c1)c1ccc2c(c1)C1(c3ccccc3-c3ccccc31)c1cc(/C=C/c3ccc4cc(-c5ccc6c(c5)c5ccccc5n6-c5ccccn5)ccc4c3)ccc1-2.